The van der Waals surface area contributed by atoms with Gasteiger partial charge in [0.1, 0.15) is 0 Å². The molecule has 0 bridgehead atoms. The third-order valence-corrected chi connectivity index (χ3v) is 2.57. The molecule has 1 aliphatic carbocycles. The number of nitrogens with one attached hydrogen (secondary N) is 1. The van der Waals surface area contributed by atoms with E-state index in [9.17, 15) is 5.11 Å². The largest absolute Gasteiger partial charge is 0.389 e. The Labute approximate surface area is 69.0 Å². The maximum Gasteiger partial charge on any atom is 0.0766 e. The zero-order valence-corrected chi connectivity index (χ0v) is 7.72. The summed E-state index contributed by atoms with van der Waals surface area (Å²) < 4.78 is 0. The first-order chi connectivity index (χ1) is 5.02. The lowest BCUT2D eigenvalue weighted by atomic mass is 9.92. The molecule has 1 atom stereocenters. The summed E-state index contributed by atoms with van der Waals surface area (Å²) in [5, 5.41) is 13.1. The lowest BCUT2D eigenvalue weighted by molar-refractivity contribution is 0.0139. The lowest BCUT2D eigenvalue weighted by Gasteiger charge is -2.27. The Balaban J connectivity index is 2.20. The highest BCUT2D eigenvalue weighted by Crippen LogP contribution is 2.21. The molecule has 2 heteroatoms. The van der Waals surface area contributed by atoms with Gasteiger partial charge in [-0.3, -0.25) is 0 Å². The fourth-order valence-electron chi connectivity index (χ4n) is 0.843. The van der Waals surface area contributed by atoms with Crippen molar-refractivity contribution in [1.29, 1.82) is 0 Å². The molecule has 0 spiro atoms. The van der Waals surface area contributed by atoms with E-state index in [1.165, 1.54) is 12.8 Å². The van der Waals surface area contributed by atoms with Crippen molar-refractivity contribution in [3.05, 3.63) is 0 Å². The van der Waals surface area contributed by atoms with E-state index in [-0.39, 0.29) is 0 Å². The van der Waals surface area contributed by atoms with Crippen molar-refractivity contribution in [2.45, 2.75) is 45.3 Å². The maximum absolute atomic E-state index is 9.81. The Hall–Kier alpha value is -0.0800. The molecule has 2 nitrogen and oxygen atoms in total. The van der Waals surface area contributed by atoms with Crippen LogP contribution >= 0.6 is 0 Å². The van der Waals surface area contributed by atoms with E-state index in [4.69, 9.17) is 0 Å². The maximum atomic E-state index is 9.81. The molecule has 0 aromatic carbocycles. The molecule has 0 amide bonds. The van der Waals surface area contributed by atoms with Gasteiger partial charge in [0.15, 0.2) is 0 Å². The molecular weight excluding hydrogens is 138 g/mol. The normalized spacial score (nSPS) is 23.7. The summed E-state index contributed by atoms with van der Waals surface area (Å²) >= 11 is 0. The molecule has 0 aromatic heterocycles. The molecule has 0 saturated heterocycles. The first-order valence-corrected chi connectivity index (χ1v) is 4.48. The number of aliphatic hydroxyl groups is 1. The molecule has 1 aliphatic rings. The highest BCUT2D eigenvalue weighted by atomic mass is 16.3. The average molecular weight is 157 g/mol. The predicted molar refractivity (Wildman–Crippen MR) is 46.5 cm³/mol. The molecule has 11 heavy (non-hydrogen) atoms. The monoisotopic (exact) mass is 157 g/mol. The molecular formula is C9H19NO. The molecule has 1 saturated carbocycles. The summed E-state index contributed by atoms with van der Waals surface area (Å²) in [7, 11) is 0. The van der Waals surface area contributed by atoms with E-state index in [0.29, 0.717) is 12.0 Å². The van der Waals surface area contributed by atoms with Crippen molar-refractivity contribution in [3.8, 4) is 0 Å². The Morgan fingerprint density at radius 2 is 2.09 bits per heavy atom. The second-order valence-corrected chi connectivity index (χ2v) is 4.17. The predicted octanol–water partition coefficient (Wildman–Crippen LogP) is 1.15. The topological polar surface area (TPSA) is 32.3 Å². The van der Waals surface area contributed by atoms with Crippen molar-refractivity contribution >= 4 is 0 Å². The van der Waals surface area contributed by atoms with Gasteiger partial charge in [0, 0.05) is 12.6 Å². The van der Waals surface area contributed by atoms with Crippen LogP contribution in [-0.2, 0) is 0 Å². The van der Waals surface area contributed by atoms with Gasteiger partial charge in [-0.15, -0.1) is 0 Å². The first-order valence-electron chi connectivity index (χ1n) is 4.48. The van der Waals surface area contributed by atoms with Gasteiger partial charge in [0.05, 0.1) is 5.60 Å². The van der Waals surface area contributed by atoms with Crippen molar-refractivity contribution in [2.75, 3.05) is 6.54 Å². The summed E-state index contributed by atoms with van der Waals surface area (Å²) in [4.78, 5) is 0. The first kappa shape index (κ1) is 9.01. The average Bonchev–Trinajstić information content (AvgIpc) is 2.65. The Kier molecular flexibility index (Phi) is 2.55. The number of rotatable bonds is 4. The van der Waals surface area contributed by atoms with Gasteiger partial charge in [-0.25, -0.2) is 0 Å². The van der Waals surface area contributed by atoms with E-state index >= 15 is 0 Å². The van der Waals surface area contributed by atoms with Crippen LogP contribution in [0.4, 0.5) is 0 Å². The second kappa shape index (κ2) is 3.11. The third-order valence-electron chi connectivity index (χ3n) is 2.57. The van der Waals surface area contributed by atoms with Gasteiger partial charge in [-0.2, -0.15) is 0 Å². The van der Waals surface area contributed by atoms with Crippen LogP contribution in [-0.4, -0.2) is 23.3 Å². The molecule has 2 N–H and O–H groups in total. The van der Waals surface area contributed by atoms with Crippen LogP contribution in [0.5, 0.6) is 0 Å². The van der Waals surface area contributed by atoms with Gasteiger partial charge < -0.3 is 10.4 Å². The highest BCUT2D eigenvalue weighted by Gasteiger charge is 2.28. The zero-order chi connectivity index (χ0) is 8.48. The zero-order valence-electron chi connectivity index (χ0n) is 7.72. The van der Waals surface area contributed by atoms with E-state index in [0.717, 1.165) is 6.54 Å². The fraction of sp³-hybridized carbons (Fsp3) is 1.00. The van der Waals surface area contributed by atoms with Gasteiger partial charge in [-0.05, 0) is 25.7 Å². The van der Waals surface area contributed by atoms with Crippen LogP contribution in [0, 0.1) is 5.92 Å². The molecule has 0 heterocycles. The van der Waals surface area contributed by atoms with Crippen LogP contribution in [0.3, 0.4) is 0 Å². The minimum absolute atomic E-state index is 0.328. The van der Waals surface area contributed by atoms with E-state index in [1.807, 2.05) is 6.92 Å². The van der Waals surface area contributed by atoms with Crippen LogP contribution in [0.2, 0.25) is 0 Å². The van der Waals surface area contributed by atoms with Crippen molar-refractivity contribution in [3.63, 3.8) is 0 Å². The van der Waals surface area contributed by atoms with E-state index < -0.39 is 5.60 Å². The fourth-order valence-corrected chi connectivity index (χ4v) is 0.843. The van der Waals surface area contributed by atoms with E-state index in [1.54, 1.807) is 0 Å². The smallest absolute Gasteiger partial charge is 0.0766 e. The molecule has 1 rings (SSSR count). The molecule has 0 aliphatic heterocycles. The van der Waals surface area contributed by atoms with Crippen molar-refractivity contribution in [1.82, 2.24) is 5.32 Å². The molecule has 66 valence electrons. The Morgan fingerprint density at radius 1 is 1.55 bits per heavy atom. The molecule has 0 radical (unpaired) electrons. The Bertz CT molecular complexity index is 128. The van der Waals surface area contributed by atoms with Crippen molar-refractivity contribution < 1.29 is 5.11 Å². The number of hydrogen-bond donors (Lipinski definition) is 2. The lowest BCUT2D eigenvalue weighted by Crippen LogP contribution is -2.42. The summed E-state index contributed by atoms with van der Waals surface area (Å²) in [5.74, 6) is 0.328. The molecule has 1 unspecified atom stereocenters. The summed E-state index contributed by atoms with van der Waals surface area (Å²) in [6.07, 6.45) is 2.57. The van der Waals surface area contributed by atoms with Gasteiger partial charge in [0.25, 0.3) is 0 Å². The van der Waals surface area contributed by atoms with Crippen LogP contribution in [0.1, 0.15) is 33.6 Å². The van der Waals surface area contributed by atoms with Crippen LogP contribution < -0.4 is 5.32 Å². The molecule has 0 aromatic rings. The van der Waals surface area contributed by atoms with E-state index in [2.05, 4.69) is 19.2 Å². The van der Waals surface area contributed by atoms with Crippen LogP contribution in [0.25, 0.3) is 0 Å². The number of hydrogen-bond acceptors (Lipinski definition) is 2. The highest BCUT2D eigenvalue weighted by molar-refractivity contribution is 4.86. The van der Waals surface area contributed by atoms with Gasteiger partial charge >= 0.3 is 0 Å². The summed E-state index contributed by atoms with van der Waals surface area (Å²) in [6.45, 7) is 6.73. The minimum atomic E-state index is -0.539. The minimum Gasteiger partial charge on any atom is -0.389 e. The van der Waals surface area contributed by atoms with Gasteiger partial charge in [-0.1, -0.05) is 13.8 Å². The Morgan fingerprint density at radius 3 is 2.45 bits per heavy atom. The SMILES string of the molecule is CC(C)C(C)(O)CNC1CC1. The molecule has 1 fully saturated rings. The van der Waals surface area contributed by atoms with Crippen molar-refractivity contribution in [2.24, 2.45) is 5.92 Å². The standard InChI is InChI=1S/C9H19NO/c1-7(2)9(3,11)6-10-8-4-5-8/h7-8,10-11H,4-6H2,1-3H3. The summed E-state index contributed by atoms with van der Waals surface area (Å²) in [6, 6.07) is 0.695. The summed E-state index contributed by atoms with van der Waals surface area (Å²) in [5.41, 5.74) is -0.539. The quantitative estimate of drug-likeness (QED) is 0.641. The van der Waals surface area contributed by atoms with Crippen LogP contribution in [0.15, 0.2) is 0 Å². The second-order valence-electron chi connectivity index (χ2n) is 4.17. The third kappa shape index (κ3) is 2.80. The van der Waals surface area contributed by atoms with Gasteiger partial charge in [0.2, 0.25) is 0 Å².